The van der Waals surface area contributed by atoms with E-state index in [2.05, 4.69) is 22.2 Å². The lowest BCUT2D eigenvalue weighted by Crippen LogP contribution is -2.27. The molecule has 0 radical (unpaired) electrons. The van der Waals surface area contributed by atoms with Crippen LogP contribution >= 0.6 is 0 Å². The maximum absolute atomic E-state index is 5.84. The molecule has 0 atom stereocenters. The van der Waals surface area contributed by atoms with Crippen molar-refractivity contribution < 1.29 is 9.47 Å². The first-order chi connectivity index (χ1) is 8.04. The van der Waals surface area contributed by atoms with Crippen LogP contribution in [0.2, 0.25) is 0 Å². The molecule has 1 heterocycles. The minimum atomic E-state index is -0.273. The van der Waals surface area contributed by atoms with Crippen LogP contribution in [0.5, 0.6) is 11.6 Å². The molecule has 1 rings (SSSR count). The molecule has 0 bridgehead atoms. The summed E-state index contributed by atoms with van der Waals surface area (Å²) in [6.07, 6.45) is 2.36. The Bertz CT molecular complexity index is 367. The highest BCUT2D eigenvalue weighted by Gasteiger charge is 2.22. The van der Waals surface area contributed by atoms with Gasteiger partial charge in [-0.2, -0.15) is 4.98 Å². The van der Waals surface area contributed by atoms with Crippen LogP contribution in [-0.4, -0.2) is 29.2 Å². The predicted molar refractivity (Wildman–Crippen MR) is 67.7 cm³/mol. The third-order valence-corrected chi connectivity index (χ3v) is 2.54. The Hall–Kier alpha value is -1.52. The maximum atomic E-state index is 5.84. The fraction of sp³-hybridized carbons (Fsp3) is 0.667. The number of anilines is 1. The highest BCUT2D eigenvalue weighted by molar-refractivity contribution is 5.55. The van der Waals surface area contributed by atoms with Gasteiger partial charge in [0.25, 0.3) is 5.88 Å². The summed E-state index contributed by atoms with van der Waals surface area (Å²) in [5.74, 6) is 1.69. The molecule has 0 amide bonds. The van der Waals surface area contributed by atoms with Gasteiger partial charge in [-0.1, -0.05) is 6.92 Å². The lowest BCUT2D eigenvalue weighted by Gasteiger charge is -2.25. The van der Waals surface area contributed by atoms with Gasteiger partial charge >= 0.3 is 0 Å². The normalized spacial score (nSPS) is 11.1. The van der Waals surface area contributed by atoms with Gasteiger partial charge in [0.15, 0.2) is 5.82 Å². The SMILES string of the molecule is CCNc1ncnc(OC(C)(C)CC)c1OC. The minimum absolute atomic E-state index is 0.273. The number of hydrogen-bond donors (Lipinski definition) is 1. The Kier molecular flexibility index (Phi) is 4.54. The molecule has 17 heavy (non-hydrogen) atoms. The van der Waals surface area contributed by atoms with Gasteiger partial charge in [-0.15, -0.1) is 0 Å². The Morgan fingerprint density at radius 2 is 2.00 bits per heavy atom. The van der Waals surface area contributed by atoms with Crippen LogP contribution in [-0.2, 0) is 0 Å². The summed E-state index contributed by atoms with van der Waals surface area (Å²) >= 11 is 0. The van der Waals surface area contributed by atoms with Gasteiger partial charge < -0.3 is 14.8 Å². The van der Waals surface area contributed by atoms with Gasteiger partial charge in [-0.3, -0.25) is 0 Å². The Morgan fingerprint density at radius 1 is 1.29 bits per heavy atom. The Morgan fingerprint density at radius 3 is 2.53 bits per heavy atom. The molecular formula is C12H21N3O2. The molecule has 0 spiro atoms. The molecule has 0 saturated carbocycles. The number of ether oxygens (including phenoxy) is 2. The molecule has 0 fully saturated rings. The largest absolute Gasteiger partial charge is 0.489 e. The highest BCUT2D eigenvalue weighted by Crippen LogP contribution is 2.33. The summed E-state index contributed by atoms with van der Waals surface area (Å²) in [7, 11) is 1.59. The van der Waals surface area contributed by atoms with Gasteiger partial charge in [0.1, 0.15) is 11.9 Å². The summed E-state index contributed by atoms with van der Waals surface area (Å²) in [6.45, 7) is 8.86. The molecule has 0 aliphatic carbocycles. The second-order valence-corrected chi connectivity index (χ2v) is 4.31. The second kappa shape index (κ2) is 5.70. The summed E-state index contributed by atoms with van der Waals surface area (Å²) < 4.78 is 11.2. The lowest BCUT2D eigenvalue weighted by atomic mass is 10.1. The smallest absolute Gasteiger partial charge is 0.263 e. The van der Waals surface area contributed by atoms with Gasteiger partial charge in [0.2, 0.25) is 5.75 Å². The number of methoxy groups -OCH3 is 1. The van der Waals surface area contributed by atoms with Gasteiger partial charge in [0.05, 0.1) is 7.11 Å². The Balaban J connectivity index is 3.02. The Labute approximate surface area is 103 Å². The minimum Gasteiger partial charge on any atom is -0.489 e. The monoisotopic (exact) mass is 239 g/mol. The van der Waals surface area contributed by atoms with Crippen molar-refractivity contribution in [3.63, 3.8) is 0 Å². The van der Waals surface area contributed by atoms with Crippen LogP contribution in [0.3, 0.4) is 0 Å². The zero-order valence-corrected chi connectivity index (χ0v) is 11.2. The van der Waals surface area contributed by atoms with Crippen LogP contribution in [0.25, 0.3) is 0 Å². The molecule has 96 valence electrons. The summed E-state index contributed by atoms with van der Waals surface area (Å²) in [5, 5.41) is 3.12. The third kappa shape index (κ3) is 3.47. The third-order valence-electron chi connectivity index (χ3n) is 2.54. The van der Waals surface area contributed by atoms with Crippen LogP contribution in [0, 0.1) is 0 Å². The van der Waals surface area contributed by atoms with Crippen molar-refractivity contribution in [1.29, 1.82) is 0 Å². The van der Waals surface area contributed by atoms with E-state index in [1.807, 2.05) is 20.8 Å². The lowest BCUT2D eigenvalue weighted by molar-refractivity contribution is 0.0943. The van der Waals surface area contributed by atoms with Crippen LogP contribution < -0.4 is 14.8 Å². The van der Waals surface area contributed by atoms with Crippen molar-refractivity contribution in [2.24, 2.45) is 0 Å². The zero-order valence-electron chi connectivity index (χ0n) is 11.2. The van der Waals surface area contributed by atoms with E-state index in [9.17, 15) is 0 Å². The number of rotatable bonds is 6. The fourth-order valence-electron chi connectivity index (χ4n) is 1.24. The van der Waals surface area contributed by atoms with E-state index in [1.54, 1.807) is 7.11 Å². The van der Waals surface area contributed by atoms with Crippen molar-refractivity contribution in [2.75, 3.05) is 19.0 Å². The first kappa shape index (κ1) is 13.5. The first-order valence-corrected chi connectivity index (χ1v) is 5.86. The zero-order chi connectivity index (χ0) is 12.9. The second-order valence-electron chi connectivity index (χ2n) is 4.31. The van der Waals surface area contributed by atoms with E-state index in [0.717, 1.165) is 13.0 Å². The standard InChI is InChI=1S/C12H21N3O2/c1-6-12(3,4)17-11-9(16-5)10(13-7-2)14-8-15-11/h8H,6-7H2,1-5H3,(H,13,14,15). The molecule has 5 nitrogen and oxygen atoms in total. The van der Waals surface area contributed by atoms with Crippen LogP contribution in [0.15, 0.2) is 6.33 Å². The maximum Gasteiger partial charge on any atom is 0.263 e. The van der Waals surface area contributed by atoms with Gasteiger partial charge in [-0.05, 0) is 27.2 Å². The fourth-order valence-corrected chi connectivity index (χ4v) is 1.24. The molecule has 0 aromatic carbocycles. The number of hydrogen-bond acceptors (Lipinski definition) is 5. The van der Waals surface area contributed by atoms with E-state index in [4.69, 9.17) is 9.47 Å². The molecule has 0 aliphatic heterocycles. The van der Waals surface area contributed by atoms with E-state index >= 15 is 0 Å². The molecular weight excluding hydrogens is 218 g/mol. The summed E-state index contributed by atoms with van der Waals surface area (Å²) in [6, 6.07) is 0. The van der Waals surface area contributed by atoms with E-state index in [1.165, 1.54) is 6.33 Å². The van der Waals surface area contributed by atoms with Gasteiger partial charge in [0, 0.05) is 6.54 Å². The van der Waals surface area contributed by atoms with Crippen LogP contribution in [0.1, 0.15) is 34.1 Å². The quantitative estimate of drug-likeness (QED) is 0.826. The topological polar surface area (TPSA) is 56.3 Å². The van der Waals surface area contributed by atoms with Gasteiger partial charge in [-0.25, -0.2) is 4.98 Å². The van der Waals surface area contributed by atoms with Crippen molar-refractivity contribution in [2.45, 2.75) is 39.7 Å². The molecule has 0 unspecified atom stereocenters. The number of nitrogens with one attached hydrogen (secondary N) is 1. The van der Waals surface area contributed by atoms with Crippen molar-refractivity contribution in [1.82, 2.24) is 9.97 Å². The average molecular weight is 239 g/mol. The van der Waals surface area contributed by atoms with E-state index in [0.29, 0.717) is 17.4 Å². The van der Waals surface area contributed by atoms with Crippen LogP contribution in [0.4, 0.5) is 5.82 Å². The van der Waals surface area contributed by atoms with E-state index in [-0.39, 0.29) is 5.60 Å². The highest BCUT2D eigenvalue weighted by atomic mass is 16.5. The van der Waals surface area contributed by atoms with Crippen molar-refractivity contribution in [3.8, 4) is 11.6 Å². The molecule has 1 N–H and O–H groups in total. The molecule has 1 aromatic rings. The molecule has 1 aromatic heterocycles. The van der Waals surface area contributed by atoms with E-state index < -0.39 is 0 Å². The van der Waals surface area contributed by atoms with Crippen molar-refractivity contribution >= 4 is 5.82 Å². The first-order valence-electron chi connectivity index (χ1n) is 5.86. The number of nitrogens with zero attached hydrogens (tertiary/aromatic N) is 2. The summed E-state index contributed by atoms with van der Waals surface area (Å²) in [5.41, 5.74) is -0.273. The molecule has 0 saturated heterocycles. The summed E-state index contributed by atoms with van der Waals surface area (Å²) in [4.78, 5) is 8.26. The number of aromatic nitrogens is 2. The average Bonchev–Trinajstić information content (AvgIpc) is 2.29. The molecule has 0 aliphatic rings. The molecule has 5 heteroatoms. The predicted octanol–water partition coefficient (Wildman–Crippen LogP) is 2.48. The van der Waals surface area contributed by atoms with Crippen molar-refractivity contribution in [3.05, 3.63) is 6.33 Å².